The van der Waals surface area contributed by atoms with Crippen molar-refractivity contribution in [3.63, 3.8) is 0 Å². The van der Waals surface area contributed by atoms with Crippen LogP contribution in [0.15, 0.2) is 108 Å². The molecule has 194 valence electrons. The van der Waals surface area contributed by atoms with Crippen LogP contribution in [0, 0.1) is 6.92 Å². The number of benzene rings is 3. The van der Waals surface area contributed by atoms with Gasteiger partial charge >= 0.3 is 0 Å². The van der Waals surface area contributed by atoms with Crippen molar-refractivity contribution in [1.29, 1.82) is 0 Å². The van der Waals surface area contributed by atoms with Gasteiger partial charge in [-0.15, -0.1) is 11.3 Å². The Morgan fingerprint density at radius 3 is 2.49 bits per heavy atom. The minimum atomic E-state index is 0.387. The first-order chi connectivity index (χ1) is 19.1. The van der Waals surface area contributed by atoms with Gasteiger partial charge in [0.05, 0.1) is 0 Å². The topological polar surface area (TPSA) is 0 Å². The first-order valence-corrected chi connectivity index (χ1v) is 15.0. The van der Waals surface area contributed by atoms with E-state index >= 15 is 0 Å². The standard InChI is InChI=1S/C37H33ClS/c1-4-27(38)23-34(30-19-10-14-25(3)35(30)28-17-9-8-13-24(28)2)33-22-12-21-32-31-20-11-18-29(36(31)39-37(32)33)26-15-6-5-7-16-26/h4-7,9-12,14-17,19-23,29H,8,13,18H2,1-3H3/b27-4+,34-23-. The summed E-state index contributed by atoms with van der Waals surface area (Å²) in [6, 6.07) is 24.4. The fourth-order valence-electron chi connectivity index (χ4n) is 6.05. The predicted molar refractivity (Wildman–Crippen MR) is 173 cm³/mol. The van der Waals surface area contributed by atoms with Crippen LogP contribution in [0.4, 0.5) is 0 Å². The number of aryl methyl sites for hydroxylation is 1. The van der Waals surface area contributed by atoms with Crippen molar-refractivity contribution in [2.45, 2.75) is 46.0 Å². The molecule has 1 atom stereocenters. The highest BCUT2D eigenvalue weighted by molar-refractivity contribution is 7.19. The van der Waals surface area contributed by atoms with Gasteiger partial charge in [0.15, 0.2) is 0 Å². The second-order valence-corrected chi connectivity index (χ2v) is 12.0. The average molecular weight is 545 g/mol. The molecule has 1 unspecified atom stereocenters. The van der Waals surface area contributed by atoms with Crippen LogP contribution in [0.25, 0.3) is 27.3 Å². The third-order valence-electron chi connectivity index (χ3n) is 8.07. The van der Waals surface area contributed by atoms with Crippen LogP contribution in [-0.4, -0.2) is 0 Å². The molecular formula is C37H33ClS. The molecular weight excluding hydrogens is 512 g/mol. The number of fused-ring (bicyclic) bond motifs is 3. The Morgan fingerprint density at radius 2 is 1.69 bits per heavy atom. The Hall–Kier alpha value is -3.39. The smallest absolute Gasteiger partial charge is 0.0430 e. The highest BCUT2D eigenvalue weighted by Gasteiger charge is 2.26. The second-order valence-electron chi connectivity index (χ2n) is 10.5. The zero-order valence-electron chi connectivity index (χ0n) is 22.8. The summed E-state index contributed by atoms with van der Waals surface area (Å²) in [7, 11) is 0. The number of halogens is 1. The third kappa shape index (κ3) is 4.80. The maximum absolute atomic E-state index is 6.77. The summed E-state index contributed by atoms with van der Waals surface area (Å²) in [6.07, 6.45) is 16.7. The lowest BCUT2D eigenvalue weighted by atomic mass is 9.83. The van der Waals surface area contributed by atoms with Gasteiger partial charge in [-0.05, 0) is 85.1 Å². The van der Waals surface area contributed by atoms with Gasteiger partial charge in [-0.3, -0.25) is 0 Å². The summed E-state index contributed by atoms with van der Waals surface area (Å²) in [5.41, 5.74) is 11.8. The van der Waals surface area contributed by atoms with Crippen LogP contribution in [0.2, 0.25) is 0 Å². The molecule has 2 aliphatic rings. The van der Waals surface area contributed by atoms with Crippen LogP contribution in [0.5, 0.6) is 0 Å². The molecule has 0 nitrogen and oxygen atoms in total. The molecule has 2 aliphatic carbocycles. The first-order valence-electron chi connectivity index (χ1n) is 13.8. The summed E-state index contributed by atoms with van der Waals surface area (Å²) in [6.45, 7) is 6.52. The molecule has 0 N–H and O–H groups in total. The molecule has 0 saturated heterocycles. The third-order valence-corrected chi connectivity index (χ3v) is 9.76. The number of hydrogen-bond donors (Lipinski definition) is 0. The van der Waals surface area contributed by atoms with E-state index in [-0.39, 0.29) is 0 Å². The van der Waals surface area contributed by atoms with Crippen molar-refractivity contribution >= 4 is 50.2 Å². The molecule has 1 aromatic heterocycles. The maximum Gasteiger partial charge on any atom is 0.0430 e. The van der Waals surface area contributed by atoms with E-state index in [0.29, 0.717) is 5.92 Å². The van der Waals surface area contributed by atoms with Crippen molar-refractivity contribution in [1.82, 2.24) is 0 Å². The lowest BCUT2D eigenvalue weighted by molar-refractivity contribution is 0.840. The van der Waals surface area contributed by atoms with Crippen molar-refractivity contribution < 1.29 is 0 Å². The Kier molecular flexibility index (Phi) is 7.30. The number of allylic oxidation sites excluding steroid dienone is 8. The Bertz CT molecular complexity index is 1710. The zero-order valence-corrected chi connectivity index (χ0v) is 24.4. The molecule has 0 saturated carbocycles. The number of rotatable bonds is 5. The molecule has 39 heavy (non-hydrogen) atoms. The van der Waals surface area contributed by atoms with Gasteiger partial charge in [0.2, 0.25) is 0 Å². The monoisotopic (exact) mass is 544 g/mol. The van der Waals surface area contributed by atoms with Gasteiger partial charge in [-0.1, -0.05) is 114 Å². The van der Waals surface area contributed by atoms with Crippen LogP contribution in [0.1, 0.15) is 77.3 Å². The largest absolute Gasteiger partial charge is 0.138 e. The highest BCUT2D eigenvalue weighted by atomic mass is 35.5. The fraction of sp³-hybridized carbons (Fsp3) is 0.189. The van der Waals surface area contributed by atoms with E-state index in [9.17, 15) is 0 Å². The van der Waals surface area contributed by atoms with E-state index in [1.165, 1.54) is 65.1 Å². The second kappa shape index (κ2) is 11.0. The van der Waals surface area contributed by atoms with Gasteiger partial charge in [0, 0.05) is 31.5 Å². The van der Waals surface area contributed by atoms with Crippen LogP contribution >= 0.6 is 22.9 Å². The Labute approximate surface area is 241 Å². The first kappa shape index (κ1) is 25.9. The SMILES string of the molecule is C/C=C(Cl)\C=C(\c1cccc(C)c1C1=C(C)CCC=C1)c1cccc2c3c(sc12)C(c1ccccc1)CC=C3. The van der Waals surface area contributed by atoms with Crippen LogP contribution in [0.3, 0.4) is 0 Å². The van der Waals surface area contributed by atoms with Crippen molar-refractivity contribution in [3.8, 4) is 0 Å². The van der Waals surface area contributed by atoms with E-state index in [4.69, 9.17) is 11.6 Å². The Morgan fingerprint density at radius 1 is 0.897 bits per heavy atom. The summed E-state index contributed by atoms with van der Waals surface area (Å²) < 4.78 is 1.33. The summed E-state index contributed by atoms with van der Waals surface area (Å²) in [4.78, 5) is 1.46. The van der Waals surface area contributed by atoms with Gasteiger partial charge in [-0.2, -0.15) is 0 Å². The zero-order chi connectivity index (χ0) is 26.9. The molecule has 2 heteroatoms. The van der Waals surface area contributed by atoms with E-state index in [1.807, 2.05) is 24.3 Å². The van der Waals surface area contributed by atoms with Crippen molar-refractivity contribution in [2.75, 3.05) is 0 Å². The predicted octanol–water partition coefficient (Wildman–Crippen LogP) is 11.5. The quantitative estimate of drug-likeness (QED) is 0.219. The average Bonchev–Trinajstić information content (AvgIpc) is 3.36. The normalized spacial score (nSPS) is 17.7. The van der Waals surface area contributed by atoms with Gasteiger partial charge < -0.3 is 0 Å². The minimum absolute atomic E-state index is 0.387. The molecule has 0 fully saturated rings. The van der Waals surface area contributed by atoms with Gasteiger partial charge in [0.25, 0.3) is 0 Å². The van der Waals surface area contributed by atoms with Crippen LogP contribution < -0.4 is 0 Å². The summed E-state index contributed by atoms with van der Waals surface area (Å²) in [5, 5.41) is 2.08. The van der Waals surface area contributed by atoms with E-state index in [0.717, 1.165) is 24.3 Å². The molecule has 1 heterocycles. The molecule has 0 spiro atoms. The molecule has 0 aliphatic heterocycles. The molecule has 0 bridgehead atoms. The van der Waals surface area contributed by atoms with Crippen molar-refractivity contribution in [2.24, 2.45) is 0 Å². The minimum Gasteiger partial charge on any atom is -0.138 e. The van der Waals surface area contributed by atoms with Crippen LogP contribution in [-0.2, 0) is 0 Å². The Balaban J connectivity index is 1.61. The number of thiophene rings is 1. The van der Waals surface area contributed by atoms with E-state index in [2.05, 4.69) is 111 Å². The lowest BCUT2D eigenvalue weighted by Crippen LogP contribution is -2.02. The summed E-state index contributed by atoms with van der Waals surface area (Å²) in [5.74, 6) is 0.387. The number of hydrogen-bond acceptors (Lipinski definition) is 1. The molecule has 3 aromatic carbocycles. The van der Waals surface area contributed by atoms with Gasteiger partial charge in [-0.25, -0.2) is 0 Å². The molecule has 0 radical (unpaired) electrons. The fourth-order valence-corrected chi connectivity index (χ4v) is 7.62. The molecule has 6 rings (SSSR count). The maximum atomic E-state index is 6.77. The summed E-state index contributed by atoms with van der Waals surface area (Å²) >= 11 is 8.73. The highest BCUT2D eigenvalue weighted by Crippen LogP contribution is 2.47. The van der Waals surface area contributed by atoms with E-state index in [1.54, 1.807) is 0 Å². The molecule has 0 amide bonds. The molecule has 4 aromatic rings. The van der Waals surface area contributed by atoms with Gasteiger partial charge in [0.1, 0.15) is 0 Å². The van der Waals surface area contributed by atoms with Crippen molar-refractivity contribution in [3.05, 3.63) is 146 Å². The lowest BCUT2D eigenvalue weighted by Gasteiger charge is -2.21. The van der Waals surface area contributed by atoms with E-state index < -0.39 is 0 Å².